The number of rotatable bonds is 9. The number of thioether (sulfide) groups is 1. The van der Waals surface area contributed by atoms with Crippen LogP contribution in [0.4, 0.5) is 0 Å². The van der Waals surface area contributed by atoms with Crippen molar-refractivity contribution in [1.82, 2.24) is 0 Å². The first-order valence-electron chi connectivity index (χ1n) is 11.0. The Hall–Kier alpha value is -3.77. The van der Waals surface area contributed by atoms with Crippen molar-refractivity contribution in [3.05, 3.63) is 85.0 Å². The molecule has 0 radical (unpaired) electrons. The van der Waals surface area contributed by atoms with E-state index in [0.29, 0.717) is 29.3 Å². The highest BCUT2D eigenvalue weighted by Crippen LogP contribution is 2.43. The molecule has 6 heteroatoms. The van der Waals surface area contributed by atoms with Gasteiger partial charge in [-0.2, -0.15) is 0 Å². The Morgan fingerprint density at radius 3 is 1.49 bits per heavy atom. The lowest BCUT2D eigenvalue weighted by Crippen LogP contribution is -2.08. The minimum absolute atomic E-state index is 0.338. The third-order valence-electron chi connectivity index (χ3n) is 5.04. The molecule has 0 unspecified atom stereocenters. The van der Waals surface area contributed by atoms with Crippen LogP contribution in [0.1, 0.15) is 20.8 Å². The summed E-state index contributed by atoms with van der Waals surface area (Å²) in [5.74, 6) is 0.707. The molecular formula is C29H28O5S. The Labute approximate surface area is 210 Å². The van der Waals surface area contributed by atoms with Gasteiger partial charge in [-0.15, -0.1) is 11.8 Å². The van der Waals surface area contributed by atoms with E-state index in [0.717, 1.165) is 32.9 Å². The van der Waals surface area contributed by atoms with E-state index < -0.39 is 11.9 Å². The summed E-state index contributed by atoms with van der Waals surface area (Å²) >= 11 is 1.63. The summed E-state index contributed by atoms with van der Waals surface area (Å²) in [4.78, 5) is 24.7. The topological polar surface area (TPSA) is 61.8 Å². The molecule has 3 aromatic rings. The van der Waals surface area contributed by atoms with E-state index in [1.807, 2.05) is 37.4 Å². The molecule has 0 saturated heterocycles. The van der Waals surface area contributed by atoms with E-state index in [1.165, 1.54) is 0 Å². The highest BCUT2D eigenvalue weighted by Gasteiger charge is 2.17. The predicted octanol–water partition coefficient (Wildman–Crippen LogP) is 7.10. The Kier molecular flexibility index (Phi) is 8.55. The van der Waals surface area contributed by atoms with Crippen LogP contribution in [0.15, 0.2) is 89.9 Å². The third kappa shape index (κ3) is 6.43. The number of ether oxygens (including phenoxy) is 3. The van der Waals surface area contributed by atoms with Crippen molar-refractivity contribution in [2.75, 3.05) is 12.9 Å². The number of hydrogen-bond acceptors (Lipinski definition) is 6. The largest absolute Gasteiger partial charge is 0.493 e. The van der Waals surface area contributed by atoms with Gasteiger partial charge in [0.1, 0.15) is 17.2 Å². The zero-order valence-electron chi connectivity index (χ0n) is 20.3. The Morgan fingerprint density at radius 2 is 1.17 bits per heavy atom. The molecule has 5 nitrogen and oxygen atoms in total. The van der Waals surface area contributed by atoms with Crippen molar-refractivity contribution in [3.8, 4) is 39.5 Å². The smallest absolute Gasteiger partial charge is 0.338 e. The van der Waals surface area contributed by atoms with E-state index in [2.05, 4.69) is 25.3 Å². The zero-order valence-corrected chi connectivity index (χ0v) is 21.2. The van der Waals surface area contributed by atoms with Gasteiger partial charge in [-0.3, -0.25) is 0 Å². The summed E-state index contributed by atoms with van der Waals surface area (Å²) in [5, 5.41) is 0. The van der Waals surface area contributed by atoms with Crippen molar-refractivity contribution in [3.63, 3.8) is 0 Å². The quantitative estimate of drug-likeness (QED) is 0.138. The number of benzene rings is 3. The van der Waals surface area contributed by atoms with Gasteiger partial charge < -0.3 is 14.2 Å². The molecule has 180 valence electrons. The van der Waals surface area contributed by atoms with Crippen LogP contribution in [0, 0.1) is 0 Å². The highest BCUT2D eigenvalue weighted by molar-refractivity contribution is 7.98. The Bertz CT molecular complexity index is 1160. The molecule has 35 heavy (non-hydrogen) atoms. The molecule has 0 aliphatic carbocycles. The first-order valence-corrected chi connectivity index (χ1v) is 12.3. The van der Waals surface area contributed by atoms with Crippen molar-refractivity contribution >= 4 is 23.7 Å². The van der Waals surface area contributed by atoms with E-state index in [9.17, 15) is 9.59 Å². The molecular weight excluding hydrogens is 460 g/mol. The molecule has 0 N–H and O–H groups in total. The van der Waals surface area contributed by atoms with Crippen molar-refractivity contribution in [2.24, 2.45) is 0 Å². The molecule has 0 heterocycles. The maximum atomic E-state index is 11.8. The number of carbonyl (C=O) groups excluding carboxylic acids is 2. The van der Waals surface area contributed by atoms with Crippen LogP contribution in [0.5, 0.6) is 17.2 Å². The number of esters is 2. The molecule has 0 saturated carbocycles. The summed E-state index contributed by atoms with van der Waals surface area (Å²) in [6, 6.07) is 18.8. The fourth-order valence-corrected chi connectivity index (χ4v) is 3.71. The monoisotopic (exact) mass is 488 g/mol. The fourth-order valence-electron chi connectivity index (χ4n) is 3.24. The molecule has 0 atom stereocenters. The normalized spacial score (nSPS) is 10.4. The minimum Gasteiger partial charge on any atom is -0.493 e. The van der Waals surface area contributed by atoms with Gasteiger partial charge in [0.2, 0.25) is 0 Å². The van der Waals surface area contributed by atoms with Gasteiger partial charge in [-0.1, -0.05) is 37.4 Å². The van der Waals surface area contributed by atoms with Crippen LogP contribution < -0.4 is 14.2 Å². The van der Waals surface area contributed by atoms with Crippen molar-refractivity contribution in [1.29, 1.82) is 0 Å². The van der Waals surface area contributed by atoms with E-state index in [4.69, 9.17) is 14.2 Å². The van der Waals surface area contributed by atoms with Crippen LogP contribution in [-0.4, -0.2) is 24.8 Å². The second-order valence-electron chi connectivity index (χ2n) is 7.87. The molecule has 0 aliphatic rings. The Balaban J connectivity index is 2.03. The standard InChI is InChI=1S/C29H28O5S/c1-7-32-27-25(20-8-12-22(13-9-20)33-28(30)18(2)3)16-24(35-6)17-26(27)21-10-14-23(15-11-21)34-29(31)19(4)5/h8-17H,2,4,7H2,1,3,5-6H3. The number of hydrogen-bond donors (Lipinski definition) is 0. The predicted molar refractivity (Wildman–Crippen MR) is 141 cm³/mol. The highest BCUT2D eigenvalue weighted by atomic mass is 32.2. The van der Waals surface area contributed by atoms with E-state index >= 15 is 0 Å². The second-order valence-corrected chi connectivity index (χ2v) is 8.75. The van der Waals surface area contributed by atoms with Crippen molar-refractivity contribution < 1.29 is 23.8 Å². The van der Waals surface area contributed by atoms with Crippen LogP contribution >= 0.6 is 11.8 Å². The molecule has 0 amide bonds. The van der Waals surface area contributed by atoms with Crippen molar-refractivity contribution in [2.45, 2.75) is 25.7 Å². The lowest BCUT2D eigenvalue weighted by atomic mass is 9.97. The van der Waals surface area contributed by atoms with Gasteiger partial charge in [0.25, 0.3) is 0 Å². The van der Waals surface area contributed by atoms with E-state index in [1.54, 1.807) is 49.9 Å². The summed E-state index contributed by atoms with van der Waals surface area (Å²) in [6.07, 6.45) is 2.02. The summed E-state index contributed by atoms with van der Waals surface area (Å²) < 4.78 is 16.8. The average molecular weight is 489 g/mol. The first-order chi connectivity index (χ1) is 16.7. The van der Waals surface area contributed by atoms with Gasteiger partial charge in [-0.05, 0) is 74.6 Å². The molecule has 0 spiro atoms. The summed E-state index contributed by atoms with van der Waals surface area (Å²) in [6.45, 7) is 12.9. The van der Waals surface area contributed by atoms with Crippen LogP contribution in [-0.2, 0) is 9.59 Å². The average Bonchev–Trinajstić information content (AvgIpc) is 2.85. The molecule has 0 aromatic heterocycles. The van der Waals surface area contributed by atoms with Gasteiger partial charge in [0.05, 0.1) is 6.61 Å². The first kappa shape index (κ1) is 25.8. The molecule has 3 aromatic carbocycles. The Morgan fingerprint density at radius 1 is 0.771 bits per heavy atom. The zero-order chi connectivity index (χ0) is 25.5. The van der Waals surface area contributed by atoms with E-state index in [-0.39, 0.29) is 0 Å². The number of carbonyl (C=O) groups is 2. The maximum Gasteiger partial charge on any atom is 0.338 e. The fraction of sp³-hybridized carbons (Fsp3) is 0.172. The van der Waals surface area contributed by atoms with Crippen LogP contribution in [0.2, 0.25) is 0 Å². The lowest BCUT2D eigenvalue weighted by Gasteiger charge is -2.18. The molecule has 3 rings (SSSR count). The third-order valence-corrected chi connectivity index (χ3v) is 5.74. The lowest BCUT2D eigenvalue weighted by molar-refractivity contribution is -0.130. The SMILES string of the molecule is C=C(C)C(=O)Oc1ccc(-c2cc(SC)cc(-c3ccc(OC(=O)C(=C)C)cc3)c2OCC)cc1. The summed E-state index contributed by atoms with van der Waals surface area (Å²) in [7, 11) is 0. The summed E-state index contributed by atoms with van der Waals surface area (Å²) in [5.41, 5.74) is 4.37. The van der Waals surface area contributed by atoms with Gasteiger partial charge in [0.15, 0.2) is 0 Å². The van der Waals surface area contributed by atoms with Gasteiger partial charge >= 0.3 is 11.9 Å². The molecule has 0 aliphatic heterocycles. The second kappa shape index (κ2) is 11.6. The maximum absolute atomic E-state index is 11.8. The molecule has 0 fully saturated rings. The molecule has 0 bridgehead atoms. The van der Waals surface area contributed by atoms with Crippen LogP contribution in [0.3, 0.4) is 0 Å². The van der Waals surface area contributed by atoms with Gasteiger partial charge in [-0.25, -0.2) is 9.59 Å². The minimum atomic E-state index is -0.461. The van der Waals surface area contributed by atoms with Gasteiger partial charge in [0, 0.05) is 27.2 Å². The van der Waals surface area contributed by atoms with Crippen LogP contribution in [0.25, 0.3) is 22.3 Å².